The van der Waals surface area contributed by atoms with Crippen LogP contribution in [0, 0.1) is 6.92 Å². The van der Waals surface area contributed by atoms with Crippen molar-refractivity contribution in [1.29, 1.82) is 0 Å². The van der Waals surface area contributed by atoms with Gasteiger partial charge >= 0.3 is 10.3 Å². The lowest BCUT2D eigenvalue weighted by Crippen LogP contribution is -2.32. The zero-order valence-electron chi connectivity index (χ0n) is 11.2. The number of hydrogen-bond acceptors (Lipinski definition) is 2. The Hall–Kier alpha value is -1.85. The minimum Gasteiger partial charge on any atom is -0.269 e. The van der Waals surface area contributed by atoms with Crippen molar-refractivity contribution in [3.63, 3.8) is 0 Å². The van der Waals surface area contributed by atoms with Gasteiger partial charge in [0.25, 0.3) is 0 Å². The highest BCUT2D eigenvalue weighted by molar-refractivity contribution is 7.87. The SMILES string of the molecule is Cc1ccc(CCN(c2ccccc2)S(=O)(=O)O)cc1. The predicted molar refractivity (Wildman–Crippen MR) is 80.2 cm³/mol. The largest absolute Gasteiger partial charge is 0.359 e. The van der Waals surface area contributed by atoms with Gasteiger partial charge in [-0.3, -0.25) is 4.55 Å². The van der Waals surface area contributed by atoms with E-state index in [4.69, 9.17) is 0 Å². The van der Waals surface area contributed by atoms with Crippen molar-refractivity contribution < 1.29 is 13.0 Å². The number of hydrogen-bond donors (Lipinski definition) is 1. The van der Waals surface area contributed by atoms with Crippen LogP contribution in [0.4, 0.5) is 5.69 Å². The summed E-state index contributed by atoms with van der Waals surface area (Å²) in [6, 6.07) is 16.5. The van der Waals surface area contributed by atoms with E-state index in [0.29, 0.717) is 12.1 Å². The number of para-hydroxylation sites is 1. The topological polar surface area (TPSA) is 57.6 Å². The highest BCUT2D eigenvalue weighted by atomic mass is 32.2. The predicted octanol–water partition coefficient (Wildman–Crippen LogP) is 2.85. The Bertz CT molecular complexity index is 651. The molecule has 0 spiro atoms. The van der Waals surface area contributed by atoms with Crippen molar-refractivity contribution in [2.75, 3.05) is 10.8 Å². The van der Waals surface area contributed by atoms with Crippen LogP contribution in [-0.4, -0.2) is 19.5 Å². The first-order valence-electron chi connectivity index (χ1n) is 6.32. The molecule has 5 heteroatoms. The van der Waals surface area contributed by atoms with Gasteiger partial charge in [-0.05, 0) is 31.0 Å². The average Bonchev–Trinajstić information content (AvgIpc) is 2.41. The summed E-state index contributed by atoms with van der Waals surface area (Å²) >= 11 is 0. The van der Waals surface area contributed by atoms with E-state index in [9.17, 15) is 13.0 Å². The number of aryl methyl sites for hydroxylation is 1. The molecule has 0 saturated heterocycles. The summed E-state index contributed by atoms with van der Waals surface area (Å²) in [6.07, 6.45) is 0.537. The Morgan fingerprint density at radius 1 is 1.00 bits per heavy atom. The molecule has 0 atom stereocenters. The maximum Gasteiger partial charge on any atom is 0.359 e. The summed E-state index contributed by atoms with van der Waals surface area (Å²) in [5.74, 6) is 0. The second kappa shape index (κ2) is 6.07. The van der Waals surface area contributed by atoms with Gasteiger partial charge in [0, 0.05) is 6.54 Å². The van der Waals surface area contributed by atoms with Crippen molar-refractivity contribution in [1.82, 2.24) is 0 Å². The quantitative estimate of drug-likeness (QED) is 0.862. The maximum atomic E-state index is 11.5. The van der Waals surface area contributed by atoms with Crippen LogP contribution in [0.5, 0.6) is 0 Å². The van der Waals surface area contributed by atoms with Crippen LogP contribution in [0.25, 0.3) is 0 Å². The van der Waals surface area contributed by atoms with Gasteiger partial charge in [0.15, 0.2) is 0 Å². The minimum absolute atomic E-state index is 0.200. The third kappa shape index (κ3) is 3.82. The van der Waals surface area contributed by atoms with Gasteiger partial charge in [0.1, 0.15) is 0 Å². The molecule has 0 heterocycles. The number of anilines is 1. The molecule has 0 aliphatic carbocycles. The Labute approximate surface area is 119 Å². The van der Waals surface area contributed by atoms with Crippen LogP contribution in [0.15, 0.2) is 54.6 Å². The van der Waals surface area contributed by atoms with Gasteiger partial charge in [-0.15, -0.1) is 0 Å². The summed E-state index contributed by atoms with van der Waals surface area (Å²) < 4.78 is 33.3. The number of rotatable bonds is 5. The smallest absolute Gasteiger partial charge is 0.269 e. The van der Waals surface area contributed by atoms with Crippen molar-refractivity contribution >= 4 is 16.0 Å². The van der Waals surface area contributed by atoms with Gasteiger partial charge < -0.3 is 0 Å². The first-order chi connectivity index (χ1) is 9.47. The Morgan fingerprint density at radius 3 is 2.15 bits per heavy atom. The van der Waals surface area contributed by atoms with Crippen LogP contribution in [-0.2, 0) is 16.7 Å². The molecule has 0 aromatic heterocycles. The summed E-state index contributed by atoms with van der Waals surface area (Å²) in [5.41, 5.74) is 2.64. The second-order valence-electron chi connectivity index (χ2n) is 4.62. The lowest BCUT2D eigenvalue weighted by atomic mass is 10.1. The molecule has 0 aliphatic heterocycles. The van der Waals surface area contributed by atoms with Crippen LogP contribution < -0.4 is 4.31 Å². The first kappa shape index (κ1) is 14.6. The summed E-state index contributed by atoms with van der Waals surface area (Å²) in [6.45, 7) is 2.20. The molecule has 4 nitrogen and oxygen atoms in total. The van der Waals surface area contributed by atoms with E-state index in [1.165, 1.54) is 0 Å². The van der Waals surface area contributed by atoms with Gasteiger partial charge in [-0.25, -0.2) is 4.31 Å². The molecular weight excluding hydrogens is 274 g/mol. The van der Waals surface area contributed by atoms with Gasteiger partial charge in [0.05, 0.1) is 5.69 Å². The third-order valence-electron chi connectivity index (χ3n) is 3.05. The molecule has 0 saturated carbocycles. The first-order valence-corrected chi connectivity index (χ1v) is 7.72. The Morgan fingerprint density at radius 2 is 1.60 bits per heavy atom. The third-order valence-corrected chi connectivity index (χ3v) is 4.00. The molecule has 0 fully saturated rings. The molecule has 1 N–H and O–H groups in total. The molecule has 20 heavy (non-hydrogen) atoms. The molecule has 0 bridgehead atoms. The van der Waals surface area contributed by atoms with Crippen LogP contribution in [0.2, 0.25) is 0 Å². The van der Waals surface area contributed by atoms with E-state index in [1.807, 2.05) is 31.2 Å². The summed E-state index contributed by atoms with van der Waals surface area (Å²) in [7, 11) is -4.26. The van der Waals surface area contributed by atoms with Crippen molar-refractivity contribution in [2.24, 2.45) is 0 Å². The zero-order valence-corrected chi connectivity index (χ0v) is 12.0. The van der Waals surface area contributed by atoms with Crippen LogP contribution in [0.3, 0.4) is 0 Å². The average molecular weight is 291 g/mol. The number of benzene rings is 2. The number of nitrogens with zero attached hydrogens (tertiary/aromatic N) is 1. The Kier molecular flexibility index (Phi) is 4.42. The van der Waals surface area contributed by atoms with E-state index in [0.717, 1.165) is 15.4 Å². The molecule has 2 rings (SSSR count). The second-order valence-corrected chi connectivity index (χ2v) is 5.96. The normalized spacial score (nSPS) is 11.3. The standard InChI is InChI=1S/C15H17NO3S/c1-13-7-9-14(10-8-13)11-12-16(20(17,18)19)15-5-3-2-4-6-15/h2-10H,11-12H2,1H3,(H,17,18,19). The van der Waals surface area contributed by atoms with E-state index in [1.54, 1.807) is 30.3 Å². The molecule has 2 aromatic rings. The molecule has 0 unspecified atom stereocenters. The van der Waals surface area contributed by atoms with Gasteiger partial charge in [-0.2, -0.15) is 8.42 Å². The molecule has 0 aliphatic rings. The van der Waals surface area contributed by atoms with Crippen molar-refractivity contribution in [3.8, 4) is 0 Å². The van der Waals surface area contributed by atoms with Gasteiger partial charge in [0.2, 0.25) is 0 Å². The lowest BCUT2D eigenvalue weighted by Gasteiger charge is -2.20. The van der Waals surface area contributed by atoms with Crippen LogP contribution >= 0.6 is 0 Å². The fraction of sp³-hybridized carbons (Fsp3) is 0.200. The fourth-order valence-electron chi connectivity index (χ4n) is 1.96. The molecule has 106 valence electrons. The van der Waals surface area contributed by atoms with Crippen molar-refractivity contribution in [2.45, 2.75) is 13.3 Å². The monoisotopic (exact) mass is 291 g/mol. The fourth-order valence-corrected chi connectivity index (χ4v) is 2.67. The summed E-state index contributed by atoms with van der Waals surface area (Å²) in [5, 5.41) is 0. The molecular formula is C15H17NO3S. The van der Waals surface area contributed by atoms with Crippen molar-refractivity contribution in [3.05, 3.63) is 65.7 Å². The Balaban J connectivity index is 2.16. The van der Waals surface area contributed by atoms with E-state index >= 15 is 0 Å². The van der Waals surface area contributed by atoms with E-state index in [2.05, 4.69) is 0 Å². The molecule has 2 aromatic carbocycles. The highest BCUT2D eigenvalue weighted by Gasteiger charge is 2.18. The highest BCUT2D eigenvalue weighted by Crippen LogP contribution is 2.17. The van der Waals surface area contributed by atoms with E-state index in [-0.39, 0.29) is 6.54 Å². The maximum absolute atomic E-state index is 11.5. The lowest BCUT2D eigenvalue weighted by molar-refractivity contribution is 0.478. The minimum atomic E-state index is -4.26. The summed E-state index contributed by atoms with van der Waals surface area (Å²) in [4.78, 5) is 0. The molecule has 0 radical (unpaired) electrons. The van der Waals surface area contributed by atoms with E-state index < -0.39 is 10.3 Å². The van der Waals surface area contributed by atoms with Gasteiger partial charge in [-0.1, -0.05) is 48.0 Å². The van der Waals surface area contributed by atoms with Crippen LogP contribution in [0.1, 0.15) is 11.1 Å². The zero-order chi connectivity index (χ0) is 14.6. The molecule has 0 amide bonds.